The van der Waals surface area contributed by atoms with Gasteiger partial charge in [-0.1, -0.05) is 29.8 Å². The Hall–Kier alpha value is -2.63. The summed E-state index contributed by atoms with van der Waals surface area (Å²) in [7, 11) is -2.68. The number of aliphatic hydroxyl groups is 1. The van der Waals surface area contributed by atoms with Gasteiger partial charge in [0.15, 0.2) is 0 Å². The molecule has 9 nitrogen and oxygen atoms in total. The minimum absolute atomic E-state index is 0.0853. The number of methoxy groups -OCH3 is 1. The predicted molar refractivity (Wildman–Crippen MR) is 171 cm³/mol. The number of halogens is 1. The molecule has 2 aliphatic carbocycles. The van der Waals surface area contributed by atoms with Crippen LogP contribution < -0.4 is 14.4 Å². The number of rotatable bonds is 3. The van der Waals surface area contributed by atoms with Crippen molar-refractivity contribution in [2.24, 2.45) is 11.8 Å². The van der Waals surface area contributed by atoms with Gasteiger partial charge in [0, 0.05) is 48.8 Å². The van der Waals surface area contributed by atoms with Crippen molar-refractivity contribution in [2.45, 2.75) is 63.0 Å². The second-order valence-electron chi connectivity index (χ2n) is 12.8. The lowest BCUT2D eigenvalue weighted by atomic mass is 9.68. The third-order valence-corrected chi connectivity index (χ3v) is 11.9. The van der Waals surface area contributed by atoms with Crippen LogP contribution in [0.4, 0.5) is 5.69 Å². The fraction of sp³-hybridized carbons (Fsp3) is 0.545. The van der Waals surface area contributed by atoms with Gasteiger partial charge < -0.3 is 19.5 Å². The Morgan fingerprint density at radius 2 is 2.05 bits per heavy atom. The summed E-state index contributed by atoms with van der Waals surface area (Å²) >= 11 is 6.39. The topological polar surface area (TPSA) is 108 Å². The number of anilines is 1. The number of aliphatic hydroxyl groups excluding tert-OH is 1. The highest BCUT2D eigenvalue weighted by Gasteiger charge is 2.44. The second-order valence-corrected chi connectivity index (χ2v) is 14.9. The number of hydrogen-bond donors (Lipinski definition) is 2. The van der Waals surface area contributed by atoms with Crippen molar-refractivity contribution < 1.29 is 27.8 Å². The van der Waals surface area contributed by atoms with Crippen LogP contribution >= 0.6 is 11.6 Å². The molecule has 1 fully saturated rings. The quantitative estimate of drug-likeness (QED) is 0.475. The zero-order chi connectivity index (χ0) is 31.1. The van der Waals surface area contributed by atoms with E-state index in [1.54, 1.807) is 31.2 Å². The molecule has 2 N–H and O–H groups in total. The summed E-state index contributed by atoms with van der Waals surface area (Å²) in [4.78, 5) is 15.8. The number of benzene rings is 2. The SMILES string of the molecule is COCCN1[C@@H](C)C/C=C\[C@H](O)[C@@H]2CC[C@H]2CN2C[C@@]3(CCCc4cc(Cl)ccc43)COc3ccc(cc32)C(=O)NS1(=O)=O. The van der Waals surface area contributed by atoms with Crippen LogP contribution in [0.2, 0.25) is 5.02 Å². The molecular weight excluding hydrogens is 602 g/mol. The third-order valence-electron chi connectivity index (χ3n) is 10.0. The van der Waals surface area contributed by atoms with Gasteiger partial charge in [-0.05, 0) is 98.7 Å². The van der Waals surface area contributed by atoms with E-state index in [0.29, 0.717) is 31.9 Å². The molecule has 2 heterocycles. The molecule has 238 valence electrons. The van der Waals surface area contributed by atoms with Crippen molar-refractivity contribution in [3.63, 3.8) is 0 Å². The van der Waals surface area contributed by atoms with Crippen LogP contribution in [0.3, 0.4) is 0 Å². The molecule has 0 saturated heterocycles. The van der Waals surface area contributed by atoms with Crippen LogP contribution in [0, 0.1) is 11.8 Å². The van der Waals surface area contributed by atoms with Crippen molar-refractivity contribution in [3.8, 4) is 5.75 Å². The van der Waals surface area contributed by atoms with Crippen molar-refractivity contribution >= 4 is 33.4 Å². The molecule has 44 heavy (non-hydrogen) atoms. The first-order chi connectivity index (χ1) is 21.1. The van der Waals surface area contributed by atoms with Gasteiger partial charge in [0.25, 0.3) is 5.91 Å². The first kappa shape index (κ1) is 31.4. The van der Waals surface area contributed by atoms with Gasteiger partial charge in [-0.3, -0.25) is 4.79 Å². The molecule has 1 spiro atoms. The van der Waals surface area contributed by atoms with Crippen molar-refractivity contribution in [1.82, 2.24) is 9.03 Å². The van der Waals surface area contributed by atoms with E-state index in [1.807, 2.05) is 12.1 Å². The Morgan fingerprint density at radius 1 is 1.20 bits per heavy atom. The van der Waals surface area contributed by atoms with Crippen LogP contribution in [0.5, 0.6) is 5.75 Å². The molecule has 6 rings (SSSR count). The number of hydrogen-bond acceptors (Lipinski definition) is 7. The number of carbonyl (C=O) groups is 1. The molecule has 2 aromatic rings. The average molecular weight is 644 g/mol. The fourth-order valence-electron chi connectivity index (χ4n) is 7.48. The summed E-state index contributed by atoms with van der Waals surface area (Å²) in [6, 6.07) is 10.8. The van der Waals surface area contributed by atoms with E-state index in [0.717, 1.165) is 42.8 Å². The molecule has 11 heteroatoms. The summed E-state index contributed by atoms with van der Waals surface area (Å²) < 4.78 is 42.3. The van der Waals surface area contributed by atoms with Gasteiger partial charge >= 0.3 is 10.2 Å². The van der Waals surface area contributed by atoms with E-state index in [4.69, 9.17) is 21.1 Å². The number of nitrogens with one attached hydrogen (secondary N) is 1. The maximum atomic E-state index is 13.5. The van der Waals surface area contributed by atoms with E-state index < -0.39 is 28.3 Å². The number of aryl methyl sites for hydroxylation is 1. The highest BCUT2D eigenvalue weighted by atomic mass is 35.5. The summed E-state index contributed by atoms with van der Waals surface area (Å²) in [6.07, 6.45) is 8.28. The minimum atomic E-state index is -4.19. The van der Waals surface area contributed by atoms with E-state index in [2.05, 4.69) is 21.8 Å². The molecule has 1 saturated carbocycles. The molecule has 0 aromatic heterocycles. The number of nitrogens with zero attached hydrogens (tertiary/aromatic N) is 2. The lowest BCUT2D eigenvalue weighted by Crippen LogP contribution is -2.50. The standard InChI is InChI=1S/C33H42ClN3O6S/c1-22-5-3-7-30(38)27-11-8-25(27)19-36-20-33(14-4-6-23-17-26(34)10-12-28(23)33)21-43-31-13-9-24(18-29(31)36)32(39)35-44(40,41)37(22)15-16-42-2/h3,7,9-10,12-13,17-18,22,25,27,30,38H,4-6,8,11,14-16,19-21H2,1-2H3,(H,35,39)/b7-3-/t22-,25-,27+,30-,33-/m0/s1. The number of fused-ring (bicyclic) bond motifs is 4. The third kappa shape index (κ3) is 6.11. The van der Waals surface area contributed by atoms with Crippen LogP contribution in [-0.4, -0.2) is 75.8 Å². The molecule has 5 atom stereocenters. The Balaban J connectivity index is 1.41. The van der Waals surface area contributed by atoms with Gasteiger partial charge in [0.1, 0.15) is 5.75 Å². The second kappa shape index (κ2) is 12.6. The summed E-state index contributed by atoms with van der Waals surface area (Å²) in [6.45, 7) is 3.91. The summed E-state index contributed by atoms with van der Waals surface area (Å²) in [5.41, 5.74) is 3.21. The molecule has 4 aliphatic rings. The Morgan fingerprint density at radius 3 is 2.82 bits per heavy atom. The molecule has 2 aromatic carbocycles. The normalized spacial score (nSPS) is 31.1. The minimum Gasteiger partial charge on any atom is -0.490 e. The van der Waals surface area contributed by atoms with Crippen molar-refractivity contribution in [3.05, 3.63) is 70.3 Å². The molecule has 0 unspecified atom stereocenters. The van der Waals surface area contributed by atoms with Gasteiger partial charge in [-0.25, -0.2) is 4.72 Å². The van der Waals surface area contributed by atoms with Gasteiger partial charge in [0.05, 0.1) is 25.0 Å². The van der Waals surface area contributed by atoms with Crippen LogP contribution in [-0.2, 0) is 26.8 Å². The van der Waals surface area contributed by atoms with Crippen LogP contribution in [0.15, 0.2) is 48.6 Å². The van der Waals surface area contributed by atoms with Gasteiger partial charge in [-0.2, -0.15) is 12.7 Å². The number of amides is 1. The maximum absolute atomic E-state index is 13.5. The zero-order valence-corrected chi connectivity index (χ0v) is 26.9. The lowest BCUT2D eigenvalue weighted by Gasteiger charge is -2.45. The average Bonchev–Trinajstić information content (AvgIpc) is 3.11. The summed E-state index contributed by atoms with van der Waals surface area (Å²) in [5.74, 6) is 0.316. The molecule has 2 aliphatic heterocycles. The number of ether oxygens (including phenoxy) is 2. The Kier molecular flexibility index (Phi) is 9.01. The predicted octanol–water partition coefficient (Wildman–Crippen LogP) is 4.47. The molecule has 1 amide bonds. The van der Waals surface area contributed by atoms with E-state index in [9.17, 15) is 18.3 Å². The monoisotopic (exact) mass is 643 g/mol. The highest BCUT2D eigenvalue weighted by Crippen LogP contribution is 2.46. The molecule has 2 bridgehead atoms. The first-order valence-electron chi connectivity index (χ1n) is 15.6. The Labute approximate surface area is 265 Å². The van der Waals surface area contributed by atoms with Crippen molar-refractivity contribution in [1.29, 1.82) is 0 Å². The highest BCUT2D eigenvalue weighted by molar-refractivity contribution is 7.87. The van der Waals surface area contributed by atoms with Gasteiger partial charge in [-0.15, -0.1) is 0 Å². The van der Waals surface area contributed by atoms with Gasteiger partial charge in [0.2, 0.25) is 0 Å². The Bertz CT molecular complexity index is 1530. The molecular formula is C33H42ClN3O6S. The van der Waals surface area contributed by atoms with E-state index in [1.165, 1.54) is 22.5 Å². The lowest BCUT2D eigenvalue weighted by molar-refractivity contribution is 0.0455. The zero-order valence-electron chi connectivity index (χ0n) is 25.4. The van der Waals surface area contributed by atoms with Crippen LogP contribution in [0.25, 0.3) is 0 Å². The summed E-state index contributed by atoms with van der Waals surface area (Å²) in [5, 5.41) is 11.9. The maximum Gasteiger partial charge on any atom is 0.304 e. The smallest absolute Gasteiger partial charge is 0.304 e. The van der Waals surface area contributed by atoms with E-state index in [-0.39, 0.29) is 36.0 Å². The largest absolute Gasteiger partial charge is 0.490 e. The fourth-order valence-corrected chi connectivity index (χ4v) is 9.02. The molecule has 0 radical (unpaired) electrons. The number of carbonyl (C=O) groups excluding carboxylic acids is 1. The first-order valence-corrected chi connectivity index (χ1v) is 17.4. The van der Waals surface area contributed by atoms with Crippen LogP contribution in [0.1, 0.15) is 60.5 Å². The van der Waals surface area contributed by atoms with Crippen molar-refractivity contribution in [2.75, 3.05) is 44.9 Å². The van der Waals surface area contributed by atoms with E-state index >= 15 is 0 Å².